The van der Waals surface area contributed by atoms with Crippen LogP contribution in [0.4, 0.5) is 0 Å². The molecule has 0 saturated carbocycles. The van der Waals surface area contributed by atoms with Crippen LogP contribution in [0.25, 0.3) is 0 Å². The van der Waals surface area contributed by atoms with E-state index < -0.39 is 0 Å². The van der Waals surface area contributed by atoms with Crippen LogP contribution in [0.3, 0.4) is 0 Å². The van der Waals surface area contributed by atoms with Crippen LogP contribution in [0.5, 0.6) is 0 Å². The van der Waals surface area contributed by atoms with Crippen LogP contribution in [0.15, 0.2) is 43.0 Å². The lowest BCUT2D eigenvalue weighted by molar-refractivity contribution is -0.149. The standard InChI is InChI=1S/C19H23N3O3/c1-2-25-19(24)17-7-4-9-22(13-17)18(23)16-6-3-5-15(11-16)12-21-10-8-20-14-21/h3,5-6,8,10-11,14,17H,2,4,7,9,12-13H2,1H3/t17-/m1/s1. The second kappa shape index (κ2) is 7.96. The molecule has 0 spiro atoms. The minimum absolute atomic E-state index is 0.0264. The molecule has 1 aromatic carbocycles. The van der Waals surface area contributed by atoms with Crippen molar-refractivity contribution in [2.75, 3.05) is 19.7 Å². The zero-order valence-electron chi connectivity index (χ0n) is 14.4. The molecule has 132 valence electrons. The molecule has 0 bridgehead atoms. The first kappa shape index (κ1) is 17.2. The van der Waals surface area contributed by atoms with Gasteiger partial charge in [0, 0.05) is 37.6 Å². The number of hydrogen-bond acceptors (Lipinski definition) is 4. The predicted molar refractivity (Wildman–Crippen MR) is 93.0 cm³/mol. The number of amides is 1. The number of rotatable bonds is 5. The molecule has 0 unspecified atom stereocenters. The fraction of sp³-hybridized carbons (Fsp3) is 0.421. The topological polar surface area (TPSA) is 64.4 Å². The third-order valence-electron chi connectivity index (χ3n) is 4.43. The van der Waals surface area contributed by atoms with E-state index in [0.29, 0.717) is 31.8 Å². The van der Waals surface area contributed by atoms with Gasteiger partial charge in [-0.05, 0) is 37.5 Å². The number of imidazole rings is 1. The van der Waals surface area contributed by atoms with Gasteiger partial charge in [-0.2, -0.15) is 0 Å². The third kappa shape index (κ3) is 4.26. The van der Waals surface area contributed by atoms with Crippen molar-refractivity contribution in [3.8, 4) is 0 Å². The molecule has 3 rings (SSSR count). The van der Waals surface area contributed by atoms with Crippen LogP contribution >= 0.6 is 0 Å². The Hall–Kier alpha value is -2.63. The van der Waals surface area contributed by atoms with Gasteiger partial charge in [0.2, 0.25) is 0 Å². The maximum atomic E-state index is 12.8. The summed E-state index contributed by atoms with van der Waals surface area (Å²) >= 11 is 0. The number of likely N-dealkylation sites (tertiary alicyclic amines) is 1. The van der Waals surface area contributed by atoms with E-state index >= 15 is 0 Å². The highest BCUT2D eigenvalue weighted by atomic mass is 16.5. The van der Waals surface area contributed by atoms with Crippen LogP contribution < -0.4 is 0 Å². The lowest BCUT2D eigenvalue weighted by Crippen LogP contribution is -2.42. The minimum atomic E-state index is -0.216. The average molecular weight is 341 g/mol. The van der Waals surface area contributed by atoms with E-state index in [0.717, 1.165) is 18.4 Å². The number of ether oxygens (including phenoxy) is 1. The van der Waals surface area contributed by atoms with Crippen LogP contribution in [0.2, 0.25) is 0 Å². The summed E-state index contributed by atoms with van der Waals surface area (Å²) in [5.41, 5.74) is 1.70. The lowest BCUT2D eigenvalue weighted by Gasteiger charge is -2.31. The van der Waals surface area contributed by atoms with Crippen molar-refractivity contribution in [1.29, 1.82) is 0 Å². The van der Waals surface area contributed by atoms with Crippen LogP contribution in [0, 0.1) is 5.92 Å². The molecule has 1 fully saturated rings. The van der Waals surface area contributed by atoms with E-state index in [1.807, 2.05) is 35.0 Å². The first-order chi connectivity index (χ1) is 12.2. The quantitative estimate of drug-likeness (QED) is 0.783. The Bertz CT molecular complexity index is 727. The van der Waals surface area contributed by atoms with Crippen molar-refractivity contribution in [3.63, 3.8) is 0 Å². The number of carbonyl (C=O) groups excluding carboxylic acids is 2. The molecule has 25 heavy (non-hydrogen) atoms. The first-order valence-electron chi connectivity index (χ1n) is 8.68. The average Bonchev–Trinajstić information content (AvgIpc) is 3.14. The maximum Gasteiger partial charge on any atom is 0.310 e. The van der Waals surface area contributed by atoms with Gasteiger partial charge in [0.05, 0.1) is 18.9 Å². The van der Waals surface area contributed by atoms with E-state index in [2.05, 4.69) is 4.98 Å². The van der Waals surface area contributed by atoms with Crippen molar-refractivity contribution >= 4 is 11.9 Å². The summed E-state index contributed by atoms with van der Waals surface area (Å²) in [4.78, 5) is 30.6. The molecular formula is C19H23N3O3. The van der Waals surface area contributed by atoms with Gasteiger partial charge in [-0.3, -0.25) is 9.59 Å². The normalized spacial score (nSPS) is 17.3. The predicted octanol–water partition coefficient (Wildman–Crippen LogP) is 2.35. The zero-order valence-corrected chi connectivity index (χ0v) is 14.4. The number of hydrogen-bond donors (Lipinski definition) is 0. The molecule has 0 N–H and O–H groups in total. The van der Waals surface area contributed by atoms with Crippen molar-refractivity contribution in [1.82, 2.24) is 14.5 Å². The highest BCUT2D eigenvalue weighted by Crippen LogP contribution is 2.20. The number of esters is 1. The zero-order chi connectivity index (χ0) is 17.6. The Balaban J connectivity index is 1.68. The summed E-state index contributed by atoms with van der Waals surface area (Å²) in [5, 5.41) is 0. The molecular weight excluding hydrogens is 318 g/mol. The van der Waals surface area contributed by atoms with E-state index in [1.165, 1.54) is 0 Å². The second-order valence-electron chi connectivity index (χ2n) is 6.28. The van der Waals surface area contributed by atoms with E-state index in [-0.39, 0.29) is 17.8 Å². The van der Waals surface area contributed by atoms with Crippen LogP contribution in [-0.4, -0.2) is 46.0 Å². The van der Waals surface area contributed by atoms with Gasteiger partial charge in [-0.1, -0.05) is 12.1 Å². The number of nitrogens with zero attached hydrogens (tertiary/aromatic N) is 3. The van der Waals surface area contributed by atoms with Gasteiger partial charge < -0.3 is 14.2 Å². The van der Waals surface area contributed by atoms with Crippen LogP contribution in [0.1, 0.15) is 35.7 Å². The third-order valence-corrected chi connectivity index (χ3v) is 4.43. The lowest BCUT2D eigenvalue weighted by atomic mass is 9.97. The highest BCUT2D eigenvalue weighted by molar-refractivity contribution is 5.94. The van der Waals surface area contributed by atoms with Crippen LogP contribution in [-0.2, 0) is 16.1 Å². The Morgan fingerprint density at radius 2 is 2.24 bits per heavy atom. The minimum Gasteiger partial charge on any atom is -0.466 e. The molecule has 1 atom stereocenters. The van der Waals surface area contributed by atoms with Crippen molar-refractivity contribution in [2.45, 2.75) is 26.3 Å². The Kier molecular flexibility index (Phi) is 5.48. The fourth-order valence-corrected chi connectivity index (χ4v) is 3.19. The monoisotopic (exact) mass is 341 g/mol. The number of aromatic nitrogens is 2. The molecule has 1 saturated heterocycles. The summed E-state index contributed by atoms with van der Waals surface area (Å²) in [6.45, 7) is 3.96. The van der Waals surface area contributed by atoms with E-state index in [4.69, 9.17) is 4.74 Å². The van der Waals surface area contributed by atoms with Gasteiger partial charge in [-0.25, -0.2) is 4.98 Å². The van der Waals surface area contributed by atoms with Gasteiger partial charge >= 0.3 is 5.97 Å². The molecule has 2 heterocycles. The van der Waals surface area contributed by atoms with Crippen molar-refractivity contribution < 1.29 is 14.3 Å². The van der Waals surface area contributed by atoms with Gasteiger partial charge in [0.15, 0.2) is 0 Å². The van der Waals surface area contributed by atoms with E-state index in [9.17, 15) is 9.59 Å². The van der Waals surface area contributed by atoms with E-state index in [1.54, 1.807) is 24.3 Å². The molecule has 1 aliphatic heterocycles. The summed E-state index contributed by atoms with van der Waals surface area (Å²) in [7, 11) is 0. The largest absolute Gasteiger partial charge is 0.466 e. The number of piperidine rings is 1. The molecule has 1 aromatic heterocycles. The van der Waals surface area contributed by atoms with Gasteiger partial charge in [0.1, 0.15) is 0 Å². The Labute approximate surface area is 147 Å². The van der Waals surface area contributed by atoms with Gasteiger partial charge in [0.25, 0.3) is 5.91 Å². The van der Waals surface area contributed by atoms with Gasteiger partial charge in [-0.15, -0.1) is 0 Å². The van der Waals surface area contributed by atoms with Crippen molar-refractivity contribution in [3.05, 3.63) is 54.1 Å². The SMILES string of the molecule is CCOC(=O)[C@@H]1CCCN(C(=O)c2cccc(Cn3ccnc3)c2)C1. The van der Waals surface area contributed by atoms with Crippen molar-refractivity contribution in [2.24, 2.45) is 5.92 Å². The molecule has 1 amide bonds. The molecule has 1 aliphatic rings. The first-order valence-corrected chi connectivity index (χ1v) is 8.68. The fourth-order valence-electron chi connectivity index (χ4n) is 3.19. The molecule has 0 aliphatic carbocycles. The number of carbonyl (C=O) groups is 2. The second-order valence-corrected chi connectivity index (χ2v) is 6.28. The molecule has 6 nitrogen and oxygen atoms in total. The molecule has 6 heteroatoms. The summed E-state index contributed by atoms with van der Waals surface area (Å²) < 4.78 is 7.07. The number of benzene rings is 1. The Morgan fingerprint density at radius 3 is 3.00 bits per heavy atom. The summed E-state index contributed by atoms with van der Waals surface area (Å²) in [6.07, 6.45) is 6.98. The Morgan fingerprint density at radius 1 is 1.36 bits per heavy atom. The maximum absolute atomic E-state index is 12.8. The smallest absolute Gasteiger partial charge is 0.310 e. The highest BCUT2D eigenvalue weighted by Gasteiger charge is 2.29. The summed E-state index contributed by atoms with van der Waals surface area (Å²) in [6, 6.07) is 7.63. The molecule has 2 aromatic rings. The molecule has 0 radical (unpaired) electrons. The summed E-state index contributed by atoms with van der Waals surface area (Å²) in [5.74, 6) is -0.442.